The van der Waals surface area contributed by atoms with E-state index >= 15 is 0 Å². The fraction of sp³-hybridized carbons (Fsp3) is 0.611. The minimum atomic E-state index is -3.11. The summed E-state index contributed by atoms with van der Waals surface area (Å²) < 4.78 is 28.4. The van der Waals surface area contributed by atoms with Crippen LogP contribution in [0.15, 0.2) is 17.5 Å². The van der Waals surface area contributed by atoms with Gasteiger partial charge in [-0.05, 0) is 24.3 Å². The van der Waals surface area contributed by atoms with Crippen LogP contribution in [0.5, 0.6) is 0 Å². The average Bonchev–Trinajstić information content (AvgIpc) is 3.28. The largest absolute Gasteiger partial charge is 0.456 e. The maximum absolute atomic E-state index is 12.5. The van der Waals surface area contributed by atoms with Gasteiger partial charge in [0, 0.05) is 19.0 Å². The molecule has 0 spiro atoms. The Bertz CT molecular complexity index is 757. The second kappa shape index (κ2) is 9.98. The Balaban J connectivity index is 1.81. The van der Waals surface area contributed by atoms with Gasteiger partial charge in [0.15, 0.2) is 22.2 Å². The molecular formula is C18H25NO6S2. The molecule has 1 atom stereocenters. The Hall–Kier alpha value is -1.74. The number of unbranched alkanes of at least 4 members (excludes halogenated alkanes) is 1. The number of carbonyl (C=O) groups excluding carboxylic acids is 3. The zero-order valence-electron chi connectivity index (χ0n) is 15.4. The Morgan fingerprint density at radius 2 is 2.07 bits per heavy atom. The zero-order chi connectivity index (χ0) is 19.9. The van der Waals surface area contributed by atoms with Gasteiger partial charge < -0.3 is 9.64 Å². The van der Waals surface area contributed by atoms with Gasteiger partial charge in [0.1, 0.15) is 0 Å². The van der Waals surface area contributed by atoms with E-state index in [9.17, 15) is 22.8 Å². The van der Waals surface area contributed by atoms with Crippen LogP contribution in [0.1, 0.15) is 48.7 Å². The third-order valence-electron chi connectivity index (χ3n) is 4.43. The molecule has 1 aliphatic rings. The molecule has 150 valence electrons. The standard InChI is InChI=1S/C18H25NO6S2/c1-2-3-9-19(14-8-11-27(23,24)13-14)17(21)12-25-18(22)7-6-15(20)16-5-4-10-26-16/h4-5,10,14H,2-3,6-9,11-13H2,1H3. The molecule has 27 heavy (non-hydrogen) atoms. The van der Waals surface area contributed by atoms with E-state index in [0.29, 0.717) is 17.8 Å². The van der Waals surface area contributed by atoms with Crippen LogP contribution in [0, 0.1) is 0 Å². The minimum Gasteiger partial charge on any atom is -0.456 e. The van der Waals surface area contributed by atoms with Gasteiger partial charge in [-0.3, -0.25) is 14.4 Å². The van der Waals surface area contributed by atoms with Gasteiger partial charge >= 0.3 is 5.97 Å². The number of sulfone groups is 1. The van der Waals surface area contributed by atoms with E-state index in [4.69, 9.17) is 4.74 Å². The van der Waals surface area contributed by atoms with Crippen molar-refractivity contribution < 1.29 is 27.5 Å². The van der Waals surface area contributed by atoms with Crippen molar-refractivity contribution in [1.82, 2.24) is 4.90 Å². The molecule has 0 aromatic carbocycles. The van der Waals surface area contributed by atoms with E-state index in [0.717, 1.165) is 12.8 Å². The topological polar surface area (TPSA) is 97.8 Å². The number of hydrogen-bond donors (Lipinski definition) is 0. The van der Waals surface area contributed by atoms with Crippen LogP contribution in [0.3, 0.4) is 0 Å². The van der Waals surface area contributed by atoms with Crippen LogP contribution >= 0.6 is 11.3 Å². The van der Waals surface area contributed by atoms with Crippen molar-refractivity contribution in [3.63, 3.8) is 0 Å². The van der Waals surface area contributed by atoms with Crippen LogP contribution in [-0.2, 0) is 24.2 Å². The zero-order valence-corrected chi connectivity index (χ0v) is 17.0. The molecule has 7 nitrogen and oxygen atoms in total. The third kappa shape index (κ3) is 6.73. The fourth-order valence-corrected chi connectivity index (χ4v) is 5.36. The number of ketones is 1. The van der Waals surface area contributed by atoms with Gasteiger partial charge in [-0.2, -0.15) is 0 Å². The molecule has 9 heteroatoms. The van der Waals surface area contributed by atoms with E-state index in [1.54, 1.807) is 17.5 Å². The molecule has 1 aromatic heterocycles. The van der Waals surface area contributed by atoms with Crippen molar-refractivity contribution >= 4 is 38.8 Å². The molecule has 1 unspecified atom stereocenters. The first-order chi connectivity index (χ1) is 12.8. The summed E-state index contributed by atoms with van der Waals surface area (Å²) in [5, 5.41) is 1.79. The summed E-state index contributed by atoms with van der Waals surface area (Å²) in [5.74, 6) is -1.08. The molecule has 1 amide bonds. The van der Waals surface area contributed by atoms with Crippen LogP contribution in [0.25, 0.3) is 0 Å². The van der Waals surface area contributed by atoms with Crippen LogP contribution in [-0.4, -0.2) is 61.7 Å². The Morgan fingerprint density at radius 3 is 2.67 bits per heavy atom. The van der Waals surface area contributed by atoms with Crippen LogP contribution in [0.4, 0.5) is 0 Å². The van der Waals surface area contributed by atoms with Gasteiger partial charge in [-0.1, -0.05) is 19.4 Å². The predicted octanol–water partition coefficient (Wildman–Crippen LogP) is 2.07. The highest BCUT2D eigenvalue weighted by Gasteiger charge is 2.34. The normalized spacial score (nSPS) is 18.2. The molecule has 1 aliphatic heterocycles. The van der Waals surface area contributed by atoms with Crippen LogP contribution in [0.2, 0.25) is 0 Å². The number of rotatable bonds is 10. The number of thiophene rings is 1. The van der Waals surface area contributed by atoms with Crippen molar-refractivity contribution in [2.24, 2.45) is 0 Å². The lowest BCUT2D eigenvalue weighted by Gasteiger charge is -2.28. The summed E-state index contributed by atoms with van der Waals surface area (Å²) in [4.78, 5) is 38.3. The highest BCUT2D eigenvalue weighted by Crippen LogP contribution is 2.19. The van der Waals surface area contributed by atoms with Crippen molar-refractivity contribution in [1.29, 1.82) is 0 Å². The first kappa shape index (κ1) is 21.6. The molecule has 1 saturated heterocycles. The summed E-state index contributed by atoms with van der Waals surface area (Å²) >= 11 is 1.31. The highest BCUT2D eigenvalue weighted by atomic mass is 32.2. The van der Waals surface area contributed by atoms with E-state index in [1.807, 2.05) is 6.92 Å². The molecule has 2 rings (SSSR count). The number of nitrogens with zero attached hydrogens (tertiary/aromatic N) is 1. The summed E-state index contributed by atoms with van der Waals surface area (Å²) in [6.07, 6.45) is 1.99. The lowest BCUT2D eigenvalue weighted by atomic mass is 10.2. The van der Waals surface area contributed by atoms with Crippen molar-refractivity contribution in [2.75, 3.05) is 24.7 Å². The lowest BCUT2D eigenvalue weighted by molar-refractivity contribution is -0.152. The number of hydrogen-bond acceptors (Lipinski definition) is 7. The summed E-state index contributed by atoms with van der Waals surface area (Å²) in [6, 6.07) is 3.11. The van der Waals surface area contributed by atoms with Gasteiger partial charge in [0.2, 0.25) is 0 Å². The number of amides is 1. The third-order valence-corrected chi connectivity index (χ3v) is 7.09. The number of Topliss-reactive ketones (excluding diaryl/α,β-unsaturated/α-hetero) is 1. The summed E-state index contributed by atoms with van der Waals surface area (Å²) in [5.41, 5.74) is 0. The molecule has 1 aromatic rings. The van der Waals surface area contributed by atoms with Crippen molar-refractivity contribution in [2.45, 2.75) is 45.1 Å². The first-order valence-corrected chi connectivity index (χ1v) is 11.7. The molecule has 0 saturated carbocycles. The first-order valence-electron chi connectivity index (χ1n) is 9.04. The Morgan fingerprint density at radius 1 is 1.30 bits per heavy atom. The maximum Gasteiger partial charge on any atom is 0.306 e. The number of ether oxygens (including phenoxy) is 1. The predicted molar refractivity (Wildman–Crippen MR) is 103 cm³/mol. The highest BCUT2D eigenvalue weighted by molar-refractivity contribution is 7.91. The van der Waals surface area contributed by atoms with Gasteiger partial charge in [0.05, 0.1) is 22.8 Å². The Kier molecular flexibility index (Phi) is 7.97. The number of esters is 1. The average molecular weight is 416 g/mol. The van der Waals surface area contributed by atoms with E-state index in [2.05, 4.69) is 0 Å². The van der Waals surface area contributed by atoms with Gasteiger partial charge in [-0.15, -0.1) is 11.3 Å². The van der Waals surface area contributed by atoms with Crippen molar-refractivity contribution in [3.05, 3.63) is 22.4 Å². The summed E-state index contributed by atoms with van der Waals surface area (Å²) in [6.45, 7) is 2.01. The molecule has 2 heterocycles. The van der Waals surface area contributed by atoms with E-state index in [1.165, 1.54) is 16.2 Å². The maximum atomic E-state index is 12.5. The van der Waals surface area contributed by atoms with Gasteiger partial charge in [-0.25, -0.2) is 8.42 Å². The molecule has 1 fully saturated rings. The Labute approximate surface area is 163 Å². The lowest BCUT2D eigenvalue weighted by Crippen LogP contribution is -2.43. The summed E-state index contributed by atoms with van der Waals surface area (Å²) in [7, 11) is -3.11. The molecule has 0 N–H and O–H groups in total. The monoisotopic (exact) mass is 415 g/mol. The fourth-order valence-electron chi connectivity index (χ4n) is 2.93. The minimum absolute atomic E-state index is 0.0357. The smallest absolute Gasteiger partial charge is 0.306 e. The van der Waals surface area contributed by atoms with Crippen LogP contribution < -0.4 is 0 Å². The molecule has 0 aliphatic carbocycles. The van der Waals surface area contributed by atoms with Gasteiger partial charge in [0.25, 0.3) is 5.91 Å². The quantitative estimate of drug-likeness (QED) is 0.429. The number of carbonyl (C=O) groups is 3. The second-order valence-electron chi connectivity index (χ2n) is 6.56. The molecule has 0 radical (unpaired) electrons. The van der Waals surface area contributed by atoms with E-state index < -0.39 is 22.4 Å². The second-order valence-corrected chi connectivity index (χ2v) is 9.74. The molecular weight excluding hydrogens is 390 g/mol. The van der Waals surface area contributed by atoms with E-state index in [-0.39, 0.29) is 42.1 Å². The van der Waals surface area contributed by atoms with Crippen molar-refractivity contribution in [3.8, 4) is 0 Å². The SMILES string of the molecule is CCCCN(C(=O)COC(=O)CCC(=O)c1cccs1)C1CCS(=O)(=O)C1. The molecule has 0 bridgehead atoms.